The zero-order valence-corrected chi connectivity index (χ0v) is 10.3. The number of hydrogen-bond acceptors (Lipinski definition) is 5. The molecule has 98 valence electrons. The van der Waals surface area contributed by atoms with Gasteiger partial charge in [-0.1, -0.05) is 11.2 Å². The molecule has 2 atom stereocenters. The monoisotopic (exact) mass is 250 g/mol. The number of pyridine rings is 1. The van der Waals surface area contributed by atoms with Crippen LogP contribution < -0.4 is 11.1 Å². The summed E-state index contributed by atoms with van der Waals surface area (Å²) in [6, 6.07) is 4.08. The first kappa shape index (κ1) is 12.8. The van der Waals surface area contributed by atoms with E-state index < -0.39 is 0 Å². The van der Waals surface area contributed by atoms with E-state index in [1.165, 1.54) is 0 Å². The number of nitrogens with two attached hydrogens (primary N) is 1. The van der Waals surface area contributed by atoms with Gasteiger partial charge in [-0.05, 0) is 25.0 Å². The van der Waals surface area contributed by atoms with Crippen molar-refractivity contribution in [2.24, 2.45) is 10.9 Å². The number of hydrogen-bond donors (Lipinski definition) is 3. The van der Waals surface area contributed by atoms with Crippen molar-refractivity contribution in [3.05, 3.63) is 29.6 Å². The fraction of sp³-hybridized carbons (Fsp3) is 0.500. The molecule has 0 aromatic carbocycles. The van der Waals surface area contributed by atoms with Crippen molar-refractivity contribution >= 4 is 5.84 Å². The number of amidine groups is 1. The summed E-state index contributed by atoms with van der Waals surface area (Å²) in [6.07, 6.45) is 2.84. The lowest BCUT2D eigenvalue weighted by molar-refractivity contribution is 0.113. The molecular formula is C12H18N4O2. The highest BCUT2D eigenvalue weighted by Crippen LogP contribution is 2.14. The van der Waals surface area contributed by atoms with Gasteiger partial charge in [0, 0.05) is 25.4 Å². The molecule has 0 radical (unpaired) electrons. The molecule has 0 saturated carbocycles. The molecule has 6 nitrogen and oxygen atoms in total. The van der Waals surface area contributed by atoms with Gasteiger partial charge in [-0.15, -0.1) is 0 Å². The number of ether oxygens (including phenoxy) is 1. The van der Waals surface area contributed by atoms with Crippen LogP contribution in [0.1, 0.15) is 24.6 Å². The van der Waals surface area contributed by atoms with E-state index in [0.717, 1.165) is 18.6 Å². The zero-order valence-electron chi connectivity index (χ0n) is 10.3. The summed E-state index contributed by atoms with van der Waals surface area (Å²) in [4.78, 5) is 4.13. The number of oxime groups is 1. The molecule has 4 N–H and O–H groups in total. The van der Waals surface area contributed by atoms with E-state index in [2.05, 4.69) is 22.4 Å². The number of nitrogens with zero attached hydrogens (tertiary/aromatic N) is 2. The molecule has 1 aromatic heterocycles. The van der Waals surface area contributed by atoms with Crippen LogP contribution >= 0.6 is 0 Å². The number of aromatic nitrogens is 1. The van der Waals surface area contributed by atoms with Gasteiger partial charge in [-0.3, -0.25) is 4.98 Å². The summed E-state index contributed by atoms with van der Waals surface area (Å²) >= 11 is 0. The third kappa shape index (κ3) is 2.77. The van der Waals surface area contributed by atoms with E-state index in [1.807, 2.05) is 12.1 Å². The molecule has 0 spiro atoms. The van der Waals surface area contributed by atoms with Crippen molar-refractivity contribution in [2.75, 3.05) is 6.61 Å². The Labute approximate surface area is 106 Å². The highest BCUT2D eigenvalue weighted by atomic mass is 16.5. The lowest BCUT2D eigenvalue weighted by Gasteiger charge is -2.16. The van der Waals surface area contributed by atoms with Crippen molar-refractivity contribution in [3.63, 3.8) is 0 Å². The summed E-state index contributed by atoms with van der Waals surface area (Å²) in [5.74, 6) is 0.0307. The van der Waals surface area contributed by atoms with Crippen LogP contribution in [-0.2, 0) is 11.3 Å². The number of rotatable bonds is 4. The van der Waals surface area contributed by atoms with E-state index in [1.54, 1.807) is 6.20 Å². The average Bonchev–Trinajstić information content (AvgIpc) is 2.81. The van der Waals surface area contributed by atoms with Crippen molar-refractivity contribution in [2.45, 2.75) is 32.0 Å². The molecular weight excluding hydrogens is 232 g/mol. The van der Waals surface area contributed by atoms with Crippen LogP contribution in [0.15, 0.2) is 23.5 Å². The first-order valence-electron chi connectivity index (χ1n) is 5.99. The normalized spacial score (nSPS) is 24.4. The summed E-state index contributed by atoms with van der Waals surface area (Å²) in [6.45, 7) is 3.47. The zero-order chi connectivity index (χ0) is 13.0. The first-order valence-corrected chi connectivity index (χ1v) is 5.99. The molecule has 1 aromatic rings. The van der Waals surface area contributed by atoms with Crippen LogP contribution in [-0.4, -0.2) is 34.8 Å². The first-order chi connectivity index (χ1) is 8.72. The van der Waals surface area contributed by atoms with Gasteiger partial charge in [0.1, 0.15) is 5.69 Å². The Morgan fingerprint density at radius 3 is 3.22 bits per heavy atom. The van der Waals surface area contributed by atoms with Crippen LogP contribution in [0.4, 0.5) is 0 Å². The van der Waals surface area contributed by atoms with Crippen LogP contribution in [0.3, 0.4) is 0 Å². The van der Waals surface area contributed by atoms with Crippen LogP contribution in [0.5, 0.6) is 0 Å². The van der Waals surface area contributed by atoms with Gasteiger partial charge in [0.2, 0.25) is 0 Å². The Kier molecular flexibility index (Phi) is 4.11. The Morgan fingerprint density at radius 2 is 2.56 bits per heavy atom. The quantitative estimate of drug-likeness (QED) is 0.312. The average molecular weight is 250 g/mol. The molecule has 2 unspecified atom stereocenters. The number of nitrogens with one attached hydrogen (secondary N) is 1. The third-order valence-corrected chi connectivity index (χ3v) is 3.17. The largest absolute Gasteiger partial charge is 0.409 e. The molecule has 0 bridgehead atoms. The second kappa shape index (κ2) is 5.79. The highest BCUT2D eigenvalue weighted by Gasteiger charge is 2.23. The lowest BCUT2D eigenvalue weighted by atomic mass is 10.1. The summed E-state index contributed by atoms with van der Waals surface area (Å²) < 4.78 is 5.49. The van der Waals surface area contributed by atoms with Crippen LogP contribution in [0, 0.1) is 0 Å². The third-order valence-electron chi connectivity index (χ3n) is 3.17. The molecule has 1 saturated heterocycles. The van der Waals surface area contributed by atoms with Gasteiger partial charge in [0.15, 0.2) is 5.84 Å². The molecule has 0 aliphatic carbocycles. The van der Waals surface area contributed by atoms with E-state index in [0.29, 0.717) is 18.3 Å². The standard InChI is InChI=1S/C12H18N4O2/c1-8-10(4-6-18-8)15-7-9-3-2-5-14-11(9)12(13)16-17/h2-3,5,8,10,15,17H,4,6-7H2,1H3,(H2,13,16). The second-order valence-corrected chi connectivity index (χ2v) is 4.35. The van der Waals surface area contributed by atoms with Crippen LogP contribution in [0.25, 0.3) is 0 Å². The molecule has 1 aliphatic rings. The summed E-state index contributed by atoms with van der Waals surface area (Å²) in [5, 5.41) is 15.1. The van der Waals surface area contributed by atoms with Crippen molar-refractivity contribution in [1.29, 1.82) is 0 Å². The van der Waals surface area contributed by atoms with E-state index in [-0.39, 0.29) is 11.9 Å². The molecule has 0 amide bonds. The maximum absolute atomic E-state index is 8.72. The molecule has 1 fully saturated rings. The topological polar surface area (TPSA) is 92.8 Å². The summed E-state index contributed by atoms with van der Waals surface area (Å²) in [7, 11) is 0. The predicted octanol–water partition coefficient (Wildman–Crippen LogP) is 0.443. The van der Waals surface area contributed by atoms with Crippen molar-refractivity contribution in [3.8, 4) is 0 Å². The molecule has 2 heterocycles. The Balaban J connectivity index is 2.05. The highest BCUT2D eigenvalue weighted by molar-refractivity contribution is 5.96. The molecule has 1 aliphatic heterocycles. The minimum Gasteiger partial charge on any atom is -0.409 e. The molecule has 6 heteroatoms. The summed E-state index contributed by atoms with van der Waals surface area (Å²) in [5.41, 5.74) is 7.01. The van der Waals surface area contributed by atoms with Crippen molar-refractivity contribution in [1.82, 2.24) is 10.3 Å². The van der Waals surface area contributed by atoms with Gasteiger partial charge in [-0.25, -0.2) is 0 Å². The van der Waals surface area contributed by atoms with Gasteiger partial charge < -0.3 is 21.0 Å². The van der Waals surface area contributed by atoms with Gasteiger partial charge in [0.05, 0.1) is 6.10 Å². The Hall–Kier alpha value is -1.66. The van der Waals surface area contributed by atoms with Gasteiger partial charge >= 0.3 is 0 Å². The lowest BCUT2D eigenvalue weighted by Crippen LogP contribution is -2.34. The SMILES string of the molecule is CC1OCCC1NCc1cccnc1/C(N)=N/O. The molecule has 18 heavy (non-hydrogen) atoms. The van der Waals surface area contributed by atoms with E-state index >= 15 is 0 Å². The fourth-order valence-electron chi connectivity index (χ4n) is 2.10. The van der Waals surface area contributed by atoms with Crippen LogP contribution in [0.2, 0.25) is 0 Å². The van der Waals surface area contributed by atoms with Crippen molar-refractivity contribution < 1.29 is 9.94 Å². The Morgan fingerprint density at radius 1 is 1.72 bits per heavy atom. The maximum atomic E-state index is 8.72. The van der Waals surface area contributed by atoms with E-state index in [4.69, 9.17) is 15.7 Å². The van der Waals surface area contributed by atoms with Gasteiger partial charge in [-0.2, -0.15) is 0 Å². The predicted molar refractivity (Wildman–Crippen MR) is 67.4 cm³/mol. The van der Waals surface area contributed by atoms with E-state index in [9.17, 15) is 0 Å². The molecule has 2 rings (SSSR count). The second-order valence-electron chi connectivity index (χ2n) is 4.35. The minimum absolute atomic E-state index is 0.0307. The smallest absolute Gasteiger partial charge is 0.189 e. The fourth-order valence-corrected chi connectivity index (χ4v) is 2.10. The van der Waals surface area contributed by atoms with Gasteiger partial charge in [0.25, 0.3) is 0 Å². The maximum Gasteiger partial charge on any atom is 0.189 e. The minimum atomic E-state index is 0.0307. The Bertz CT molecular complexity index is 436.